The van der Waals surface area contributed by atoms with Crippen LogP contribution in [-0.4, -0.2) is 33.2 Å². The minimum absolute atomic E-state index is 0.0133. The molecule has 9 nitrogen and oxygen atoms in total. The van der Waals surface area contributed by atoms with E-state index in [1.807, 2.05) is 0 Å². The number of amides is 2. The van der Waals surface area contributed by atoms with Gasteiger partial charge in [0.25, 0.3) is 11.6 Å². The minimum atomic E-state index is -1.27. The molecule has 2 N–H and O–H groups in total. The third-order valence-electron chi connectivity index (χ3n) is 3.75. The van der Waals surface area contributed by atoms with E-state index in [9.17, 15) is 24.8 Å². The molecule has 1 aliphatic heterocycles. The zero-order chi connectivity index (χ0) is 19.6. The van der Waals surface area contributed by atoms with Crippen LogP contribution in [0.5, 0.6) is 5.75 Å². The van der Waals surface area contributed by atoms with Gasteiger partial charge in [0.1, 0.15) is 11.4 Å². The van der Waals surface area contributed by atoms with Crippen LogP contribution in [0.1, 0.15) is 0 Å². The lowest BCUT2D eigenvalue weighted by molar-refractivity contribution is -0.384. The fraction of sp³-hybridized carbons (Fsp3) is 0.0588. The van der Waals surface area contributed by atoms with Crippen molar-refractivity contribution in [2.45, 2.75) is 0 Å². The SMILES string of the molecule is O=C1NC(=S)N(c2ccccc2)C(=O)[C@H]1C=Nc1ccc([N+](=O)[O-])cc1O. The van der Waals surface area contributed by atoms with Crippen molar-refractivity contribution in [1.29, 1.82) is 0 Å². The van der Waals surface area contributed by atoms with Crippen LogP contribution >= 0.6 is 12.2 Å². The molecule has 1 aliphatic rings. The highest BCUT2D eigenvalue weighted by Gasteiger charge is 2.38. The third kappa shape index (κ3) is 3.65. The normalized spacial score (nSPS) is 17.3. The molecule has 1 saturated heterocycles. The highest BCUT2D eigenvalue weighted by molar-refractivity contribution is 7.80. The van der Waals surface area contributed by atoms with Crippen LogP contribution in [0.3, 0.4) is 0 Å². The Labute approximate surface area is 158 Å². The maximum absolute atomic E-state index is 12.7. The number of phenolic OH excluding ortho intramolecular Hbond substituents is 1. The van der Waals surface area contributed by atoms with E-state index in [0.29, 0.717) is 5.69 Å². The van der Waals surface area contributed by atoms with E-state index < -0.39 is 28.4 Å². The molecule has 0 spiro atoms. The smallest absolute Gasteiger partial charge is 0.273 e. The fourth-order valence-corrected chi connectivity index (χ4v) is 2.73. The van der Waals surface area contributed by atoms with Crippen LogP contribution in [0.15, 0.2) is 53.5 Å². The number of thiocarbonyl (C=S) groups is 1. The van der Waals surface area contributed by atoms with Crippen LogP contribution in [0.4, 0.5) is 17.1 Å². The molecular weight excluding hydrogens is 372 g/mol. The van der Waals surface area contributed by atoms with Gasteiger partial charge in [-0.05, 0) is 30.4 Å². The lowest BCUT2D eigenvalue weighted by atomic mass is 10.1. The number of nitro groups is 1. The number of non-ortho nitro benzene ring substituents is 1. The number of anilines is 1. The average Bonchev–Trinajstić information content (AvgIpc) is 2.63. The average molecular weight is 384 g/mol. The minimum Gasteiger partial charge on any atom is -0.505 e. The van der Waals surface area contributed by atoms with Crippen molar-refractivity contribution < 1.29 is 19.6 Å². The Balaban J connectivity index is 1.88. The van der Waals surface area contributed by atoms with E-state index >= 15 is 0 Å². The van der Waals surface area contributed by atoms with Gasteiger partial charge in [0.15, 0.2) is 11.0 Å². The maximum Gasteiger partial charge on any atom is 0.273 e. The van der Waals surface area contributed by atoms with Gasteiger partial charge in [-0.25, -0.2) is 0 Å². The summed E-state index contributed by atoms with van der Waals surface area (Å²) in [6.07, 6.45) is 1.07. The van der Waals surface area contributed by atoms with Gasteiger partial charge in [-0.2, -0.15) is 0 Å². The lowest BCUT2D eigenvalue weighted by Gasteiger charge is -2.30. The lowest BCUT2D eigenvalue weighted by Crippen LogP contribution is -2.58. The molecule has 10 heteroatoms. The number of hydrogen-bond donors (Lipinski definition) is 2. The molecule has 1 heterocycles. The molecule has 2 aromatic rings. The quantitative estimate of drug-likeness (QED) is 0.273. The number of nitro benzene ring substituents is 1. The molecular formula is C17H12N4O5S. The Morgan fingerprint density at radius 2 is 1.93 bits per heavy atom. The van der Waals surface area contributed by atoms with Gasteiger partial charge in [-0.3, -0.25) is 29.6 Å². The van der Waals surface area contributed by atoms with Crippen molar-refractivity contribution in [2.75, 3.05) is 4.90 Å². The molecule has 1 fully saturated rings. The number of phenols is 1. The molecule has 3 rings (SSSR count). The first-order chi connectivity index (χ1) is 12.9. The second kappa shape index (κ2) is 7.30. The molecule has 136 valence electrons. The summed E-state index contributed by atoms with van der Waals surface area (Å²) in [5.74, 6) is -2.96. The Morgan fingerprint density at radius 3 is 2.56 bits per heavy atom. The van der Waals surface area contributed by atoms with E-state index in [1.165, 1.54) is 11.0 Å². The predicted molar refractivity (Wildman–Crippen MR) is 101 cm³/mol. The molecule has 0 aromatic heterocycles. The summed E-state index contributed by atoms with van der Waals surface area (Å²) in [4.78, 5) is 40.0. The summed E-state index contributed by atoms with van der Waals surface area (Å²) < 4.78 is 0. The molecule has 0 bridgehead atoms. The van der Waals surface area contributed by atoms with Crippen molar-refractivity contribution >= 4 is 52.4 Å². The standard InChI is InChI=1S/C17H12N4O5S/c22-14-8-11(21(25)26)6-7-13(14)18-9-12-15(23)19-17(27)20(16(12)24)10-4-2-1-3-5-10/h1-9,12,22H,(H,19,23,27)/t12-/m0/s1. The summed E-state index contributed by atoms with van der Waals surface area (Å²) in [7, 11) is 0. The number of rotatable bonds is 4. The molecule has 2 amide bonds. The largest absolute Gasteiger partial charge is 0.505 e. The fourth-order valence-electron chi connectivity index (χ4n) is 2.43. The topological polar surface area (TPSA) is 125 Å². The Kier molecular flexibility index (Phi) is 4.90. The number of nitrogens with zero attached hydrogens (tertiary/aromatic N) is 3. The van der Waals surface area contributed by atoms with E-state index in [1.54, 1.807) is 30.3 Å². The maximum atomic E-state index is 12.7. The monoisotopic (exact) mass is 384 g/mol. The van der Waals surface area contributed by atoms with Crippen molar-refractivity contribution in [2.24, 2.45) is 10.9 Å². The van der Waals surface area contributed by atoms with Gasteiger partial charge >= 0.3 is 0 Å². The molecule has 0 saturated carbocycles. The number of carbonyl (C=O) groups excluding carboxylic acids is 2. The zero-order valence-corrected chi connectivity index (χ0v) is 14.4. The van der Waals surface area contributed by atoms with Crippen molar-refractivity contribution in [1.82, 2.24) is 5.32 Å². The number of benzene rings is 2. The molecule has 2 aromatic carbocycles. The van der Waals surface area contributed by atoms with Gasteiger partial charge in [-0.15, -0.1) is 0 Å². The zero-order valence-electron chi connectivity index (χ0n) is 13.6. The van der Waals surface area contributed by atoms with Crippen LogP contribution in [0, 0.1) is 16.0 Å². The van der Waals surface area contributed by atoms with E-state index in [0.717, 1.165) is 18.3 Å². The Bertz CT molecular complexity index is 977. The summed E-state index contributed by atoms with van der Waals surface area (Å²) in [6, 6.07) is 11.8. The number of para-hydroxylation sites is 1. The van der Waals surface area contributed by atoms with Gasteiger partial charge < -0.3 is 10.4 Å². The second-order valence-electron chi connectivity index (χ2n) is 5.49. The summed E-state index contributed by atoms with van der Waals surface area (Å²) >= 11 is 5.08. The van der Waals surface area contributed by atoms with Crippen LogP contribution in [-0.2, 0) is 9.59 Å². The van der Waals surface area contributed by atoms with Crippen LogP contribution in [0.25, 0.3) is 0 Å². The first-order valence-corrected chi connectivity index (χ1v) is 8.05. The van der Waals surface area contributed by atoms with Crippen molar-refractivity contribution in [3.63, 3.8) is 0 Å². The summed E-state index contributed by atoms with van der Waals surface area (Å²) in [5.41, 5.74) is 0.170. The highest BCUT2D eigenvalue weighted by Crippen LogP contribution is 2.30. The van der Waals surface area contributed by atoms with Crippen molar-refractivity contribution in [3.8, 4) is 5.75 Å². The molecule has 0 radical (unpaired) electrons. The predicted octanol–water partition coefficient (Wildman–Crippen LogP) is 2.07. The Morgan fingerprint density at radius 1 is 1.22 bits per heavy atom. The number of carbonyl (C=O) groups is 2. The Hall–Kier alpha value is -3.66. The number of aromatic hydroxyl groups is 1. The van der Waals surface area contributed by atoms with Gasteiger partial charge in [0, 0.05) is 12.3 Å². The second-order valence-corrected chi connectivity index (χ2v) is 5.88. The van der Waals surface area contributed by atoms with E-state index in [4.69, 9.17) is 12.2 Å². The van der Waals surface area contributed by atoms with Gasteiger partial charge in [-0.1, -0.05) is 18.2 Å². The first kappa shape index (κ1) is 18.1. The van der Waals surface area contributed by atoms with E-state index in [-0.39, 0.29) is 16.5 Å². The molecule has 27 heavy (non-hydrogen) atoms. The third-order valence-corrected chi connectivity index (χ3v) is 4.03. The van der Waals surface area contributed by atoms with Crippen LogP contribution < -0.4 is 10.2 Å². The van der Waals surface area contributed by atoms with Crippen LogP contribution in [0.2, 0.25) is 0 Å². The summed E-state index contributed by atoms with van der Waals surface area (Å²) in [6.45, 7) is 0. The van der Waals surface area contributed by atoms with Gasteiger partial charge in [0.2, 0.25) is 5.91 Å². The summed E-state index contributed by atoms with van der Waals surface area (Å²) in [5, 5.41) is 22.9. The van der Waals surface area contributed by atoms with Crippen molar-refractivity contribution in [3.05, 3.63) is 58.6 Å². The van der Waals surface area contributed by atoms with Gasteiger partial charge in [0.05, 0.1) is 16.7 Å². The number of nitrogens with one attached hydrogen (secondary N) is 1. The number of hydrogen-bond acceptors (Lipinski definition) is 7. The molecule has 1 atom stereocenters. The van der Waals surface area contributed by atoms with E-state index in [2.05, 4.69) is 10.3 Å². The first-order valence-electron chi connectivity index (χ1n) is 7.64. The highest BCUT2D eigenvalue weighted by atomic mass is 32.1. The molecule has 0 unspecified atom stereocenters. The molecule has 0 aliphatic carbocycles. The number of aliphatic imine (C=N–C) groups is 1.